The van der Waals surface area contributed by atoms with Gasteiger partial charge in [-0.15, -0.1) is 0 Å². The van der Waals surface area contributed by atoms with Crippen LogP contribution in [0.15, 0.2) is 34.9 Å². The number of oxazole rings is 1. The zero-order chi connectivity index (χ0) is 11.5. The molecule has 1 heterocycles. The molecule has 0 atom stereocenters. The average molecular weight is 221 g/mol. The fourth-order valence-corrected chi connectivity index (χ4v) is 1.31. The van der Waals surface area contributed by atoms with Crippen LogP contribution in [0, 0.1) is 5.82 Å². The van der Waals surface area contributed by atoms with Crippen molar-refractivity contribution in [2.24, 2.45) is 0 Å². The lowest BCUT2D eigenvalue weighted by Crippen LogP contribution is -1.99. The van der Waals surface area contributed by atoms with Crippen LogP contribution in [-0.2, 0) is 11.2 Å². The monoisotopic (exact) mass is 221 g/mol. The molecule has 82 valence electrons. The number of aromatic nitrogens is 1. The lowest BCUT2D eigenvalue weighted by Gasteiger charge is -1.96. The molecule has 2 aromatic rings. The highest BCUT2D eigenvalue weighted by atomic mass is 19.1. The van der Waals surface area contributed by atoms with Gasteiger partial charge in [-0.25, -0.2) is 9.37 Å². The third kappa shape index (κ3) is 2.08. The number of rotatable bonds is 3. The van der Waals surface area contributed by atoms with Crippen molar-refractivity contribution < 1.29 is 18.7 Å². The van der Waals surface area contributed by atoms with Crippen LogP contribution in [0.1, 0.15) is 5.89 Å². The van der Waals surface area contributed by atoms with Gasteiger partial charge in [-0.3, -0.25) is 4.79 Å². The van der Waals surface area contributed by atoms with E-state index in [1.54, 1.807) is 18.2 Å². The fraction of sp³-hybridized carbons (Fsp3) is 0.0909. The molecule has 0 spiro atoms. The van der Waals surface area contributed by atoms with Gasteiger partial charge in [-0.1, -0.05) is 12.1 Å². The molecule has 0 saturated carbocycles. The Morgan fingerprint density at radius 2 is 2.19 bits per heavy atom. The number of aliphatic carboxylic acids is 1. The van der Waals surface area contributed by atoms with Gasteiger partial charge in [0.05, 0.1) is 11.8 Å². The highest BCUT2D eigenvalue weighted by Gasteiger charge is 2.12. The van der Waals surface area contributed by atoms with E-state index in [9.17, 15) is 9.18 Å². The van der Waals surface area contributed by atoms with Crippen molar-refractivity contribution in [2.75, 3.05) is 0 Å². The Morgan fingerprint density at radius 3 is 2.88 bits per heavy atom. The molecular weight excluding hydrogens is 213 g/mol. The lowest BCUT2D eigenvalue weighted by molar-refractivity contribution is -0.136. The molecule has 16 heavy (non-hydrogen) atoms. The molecule has 2 rings (SSSR count). The maximum absolute atomic E-state index is 13.3. The normalized spacial score (nSPS) is 10.3. The summed E-state index contributed by atoms with van der Waals surface area (Å²) in [6.07, 6.45) is 1.01. The summed E-state index contributed by atoms with van der Waals surface area (Å²) in [6, 6.07) is 6.07. The number of nitrogens with zero attached hydrogens (tertiary/aromatic N) is 1. The van der Waals surface area contributed by atoms with Crippen LogP contribution in [0.2, 0.25) is 0 Å². The first-order chi connectivity index (χ1) is 7.66. The van der Waals surface area contributed by atoms with E-state index in [1.165, 1.54) is 12.3 Å². The van der Waals surface area contributed by atoms with E-state index in [0.29, 0.717) is 0 Å². The molecule has 1 aromatic carbocycles. The topological polar surface area (TPSA) is 63.3 Å². The third-order valence-corrected chi connectivity index (χ3v) is 2.00. The zero-order valence-electron chi connectivity index (χ0n) is 8.18. The first-order valence-corrected chi connectivity index (χ1v) is 4.58. The third-order valence-electron chi connectivity index (χ3n) is 2.00. The maximum atomic E-state index is 13.3. The molecule has 1 aromatic heterocycles. The van der Waals surface area contributed by atoms with Gasteiger partial charge in [0.15, 0.2) is 5.76 Å². The SMILES string of the molecule is O=C(O)Cc1ncc(-c2ccccc2F)o1. The summed E-state index contributed by atoms with van der Waals surface area (Å²) in [7, 11) is 0. The molecule has 0 aliphatic carbocycles. The van der Waals surface area contributed by atoms with Crippen LogP contribution in [-0.4, -0.2) is 16.1 Å². The van der Waals surface area contributed by atoms with Gasteiger partial charge in [0, 0.05) is 0 Å². The van der Waals surface area contributed by atoms with E-state index in [2.05, 4.69) is 4.98 Å². The molecule has 0 fully saturated rings. The van der Waals surface area contributed by atoms with Crippen molar-refractivity contribution in [3.8, 4) is 11.3 Å². The quantitative estimate of drug-likeness (QED) is 0.862. The predicted molar refractivity (Wildman–Crippen MR) is 53.2 cm³/mol. The van der Waals surface area contributed by atoms with Crippen LogP contribution >= 0.6 is 0 Å². The second-order valence-electron chi connectivity index (χ2n) is 3.17. The van der Waals surface area contributed by atoms with E-state index < -0.39 is 11.8 Å². The van der Waals surface area contributed by atoms with E-state index in [-0.39, 0.29) is 23.6 Å². The van der Waals surface area contributed by atoms with E-state index in [1.807, 2.05) is 0 Å². The van der Waals surface area contributed by atoms with E-state index in [0.717, 1.165) is 0 Å². The molecule has 0 bridgehead atoms. The van der Waals surface area contributed by atoms with Crippen molar-refractivity contribution >= 4 is 5.97 Å². The lowest BCUT2D eigenvalue weighted by atomic mass is 10.2. The van der Waals surface area contributed by atoms with Gasteiger partial charge in [0.25, 0.3) is 0 Å². The summed E-state index contributed by atoms with van der Waals surface area (Å²) in [6.45, 7) is 0. The standard InChI is InChI=1S/C11H8FNO3/c12-8-4-2-1-3-7(8)9-6-13-10(16-9)5-11(14)15/h1-4,6H,5H2,(H,14,15). The first kappa shape index (κ1) is 10.4. The van der Waals surface area contributed by atoms with Crippen LogP contribution < -0.4 is 0 Å². The van der Waals surface area contributed by atoms with Crippen molar-refractivity contribution in [1.29, 1.82) is 0 Å². The fourth-order valence-electron chi connectivity index (χ4n) is 1.31. The predicted octanol–water partition coefficient (Wildman–Crippen LogP) is 2.11. The first-order valence-electron chi connectivity index (χ1n) is 4.58. The smallest absolute Gasteiger partial charge is 0.312 e. The maximum Gasteiger partial charge on any atom is 0.312 e. The van der Waals surface area contributed by atoms with E-state index in [4.69, 9.17) is 9.52 Å². The van der Waals surface area contributed by atoms with Crippen LogP contribution in [0.5, 0.6) is 0 Å². The van der Waals surface area contributed by atoms with Gasteiger partial charge in [0.1, 0.15) is 12.2 Å². The zero-order valence-corrected chi connectivity index (χ0v) is 8.18. The van der Waals surface area contributed by atoms with Crippen LogP contribution in [0.4, 0.5) is 4.39 Å². The molecular formula is C11H8FNO3. The Kier molecular flexibility index (Phi) is 2.68. The Hall–Kier alpha value is -2.17. The highest BCUT2D eigenvalue weighted by molar-refractivity contribution is 5.69. The van der Waals surface area contributed by atoms with Crippen LogP contribution in [0.3, 0.4) is 0 Å². The van der Waals surface area contributed by atoms with Gasteiger partial charge < -0.3 is 9.52 Å². The van der Waals surface area contributed by atoms with Crippen molar-refractivity contribution in [2.45, 2.75) is 6.42 Å². The molecule has 0 radical (unpaired) electrons. The van der Waals surface area contributed by atoms with Gasteiger partial charge in [-0.2, -0.15) is 0 Å². The van der Waals surface area contributed by atoms with Crippen LogP contribution in [0.25, 0.3) is 11.3 Å². The van der Waals surface area contributed by atoms with Crippen molar-refractivity contribution in [1.82, 2.24) is 4.98 Å². The molecule has 1 N–H and O–H groups in total. The minimum absolute atomic E-state index is 0.0609. The minimum atomic E-state index is -1.04. The van der Waals surface area contributed by atoms with Gasteiger partial charge in [-0.05, 0) is 12.1 Å². The Balaban J connectivity index is 2.32. The minimum Gasteiger partial charge on any atom is -0.481 e. The van der Waals surface area contributed by atoms with Crippen molar-refractivity contribution in [3.05, 3.63) is 42.2 Å². The number of halogens is 1. The van der Waals surface area contributed by atoms with Crippen molar-refractivity contribution in [3.63, 3.8) is 0 Å². The summed E-state index contributed by atoms with van der Waals surface area (Å²) in [4.78, 5) is 14.2. The molecule has 0 saturated heterocycles. The Bertz CT molecular complexity index is 521. The van der Waals surface area contributed by atoms with Gasteiger partial charge >= 0.3 is 5.97 Å². The molecule has 0 aliphatic rings. The summed E-state index contributed by atoms with van der Waals surface area (Å²) < 4.78 is 18.5. The number of carbonyl (C=O) groups is 1. The molecule has 0 amide bonds. The second kappa shape index (κ2) is 4.14. The summed E-state index contributed by atoms with van der Waals surface area (Å²) in [5.41, 5.74) is 0.270. The second-order valence-corrected chi connectivity index (χ2v) is 3.17. The Labute approximate surface area is 90.4 Å². The van der Waals surface area contributed by atoms with Gasteiger partial charge in [0.2, 0.25) is 5.89 Å². The highest BCUT2D eigenvalue weighted by Crippen LogP contribution is 2.23. The molecule has 5 heteroatoms. The summed E-state index contributed by atoms with van der Waals surface area (Å²) in [5, 5.41) is 8.53. The molecule has 0 aliphatic heterocycles. The number of hydrogen-bond donors (Lipinski definition) is 1. The molecule has 4 nitrogen and oxygen atoms in total. The number of carboxylic acids is 1. The average Bonchev–Trinajstić information content (AvgIpc) is 2.66. The summed E-state index contributed by atoms with van der Waals surface area (Å²) in [5.74, 6) is -1.18. The number of benzene rings is 1. The number of carboxylic acid groups (broad SMARTS) is 1. The van der Waals surface area contributed by atoms with E-state index >= 15 is 0 Å². The largest absolute Gasteiger partial charge is 0.481 e. The number of hydrogen-bond acceptors (Lipinski definition) is 3. The summed E-state index contributed by atoms with van der Waals surface area (Å²) >= 11 is 0. The molecule has 0 unspecified atom stereocenters. The Morgan fingerprint density at radius 1 is 1.44 bits per heavy atom.